The Kier molecular flexibility index (Phi) is 10.3. The summed E-state index contributed by atoms with van der Waals surface area (Å²) in [5, 5.41) is 3.58. The highest BCUT2D eigenvalue weighted by atomic mass is 16.5. The van der Waals surface area contributed by atoms with Crippen LogP contribution in [0.2, 0.25) is 0 Å². The quantitative estimate of drug-likeness (QED) is 0.620. The van der Waals surface area contributed by atoms with Crippen LogP contribution < -0.4 is 5.32 Å². The summed E-state index contributed by atoms with van der Waals surface area (Å²) < 4.78 is 5.35. The highest BCUT2D eigenvalue weighted by molar-refractivity contribution is 4.78. The molecule has 1 aliphatic rings. The smallest absolute Gasteiger partial charge is 0.0466 e. The van der Waals surface area contributed by atoms with Gasteiger partial charge in [-0.2, -0.15) is 0 Å². The number of hydrogen-bond acceptors (Lipinski definition) is 4. The topological polar surface area (TPSA) is 27.7 Å². The Labute approximate surface area is 125 Å². The molecular weight excluding hydrogens is 250 g/mol. The van der Waals surface area contributed by atoms with Crippen molar-refractivity contribution in [3.8, 4) is 0 Å². The zero-order valence-electron chi connectivity index (χ0n) is 13.9. The zero-order valence-corrected chi connectivity index (χ0v) is 13.9. The van der Waals surface area contributed by atoms with Crippen molar-refractivity contribution in [2.45, 2.75) is 45.6 Å². The van der Waals surface area contributed by atoms with E-state index in [1.165, 1.54) is 51.9 Å². The third-order valence-electron chi connectivity index (χ3n) is 4.17. The van der Waals surface area contributed by atoms with Crippen LogP contribution in [0.4, 0.5) is 0 Å². The molecule has 120 valence electrons. The molecule has 0 aromatic carbocycles. The average molecular weight is 285 g/mol. The van der Waals surface area contributed by atoms with Crippen molar-refractivity contribution in [1.82, 2.24) is 15.1 Å². The summed E-state index contributed by atoms with van der Waals surface area (Å²) >= 11 is 0. The summed E-state index contributed by atoms with van der Waals surface area (Å²) in [6.07, 6.45) is 4.97. The van der Waals surface area contributed by atoms with Gasteiger partial charge >= 0.3 is 0 Å². The fourth-order valence-electron chi connectivity index (χ4n) is 2.92. The van der Waals surface area contributed by atoms with Crippen molar-refractivity contribution in [2.75, 3.05) is 59.5 Å². The Morgan fingerprint density at radius 1 is 1.15 bits per heavy atom. The highest BCUT2D eigenvalue weighted by Gasteiger charge is 2.20. The van der Waals surface area contributed by atoms with Gasteiger partial charge in [0, 0.05) is 38.9 Å². The van der Waals surface area contributed by atoms with Crippen molar-refractivity contribution in [3.05, 3.63) is 0 Å². The minimum Gasteiger partial charge on any atom is -0.382 e. The first kappa shape index (κ1) is 17.9. The van der Waals surface area contributed by atoms with Crippen LogP contribution in [-0.2, 0) is 4.74 Å². The van der Waals surface area contributed by atoms with E-state index in [2.05, 4.69) is 36.0 Å². The van der Waals surface area contributed by atoms with Gasteiger partial charge < -0.3 is 15.0 Å². The molecule has 0 aromatic heterocycles. The number of likely N-dealkylation sites (N-methyl/N-ethyl adjacent to an activating group) is 1. The van der Waals surface area contributed by atoms with Gasteiger partial charge in [0.2, 0.25) is 0 Å². The summed E-state index contributed by atoms with van der Waals surface area (Å²) in [4.78, 5) is 5.16. The molecule has 4 nitrogen and oxygen atoms in total. The molecule has 1 saturated heterocycles. The molecule has 1 fully saturated rings. The largest absolute Gasteiger partial charge is 0.382 e. The van der Waals surface area contributed by atoms with Gasteiger partial charge in [0.25, 0.3) is 0 Å². The molecule has 0 amide bonds. The van der Waals surface area contributed by atoms with Crippen molar-refractivity contribution in [2.24, 2.45) is 0 Å². The maximum absolute atomic E-state index is 5.35. The number of nitrogens with zero attached hydrogens (tertiary/aromatic N) is 2. The van der Waals surface area contributed by atoms with E-state index in [1.54, 1.807) is 0 Å². The Balaban J connectivity index is 2.07. The standard InChI is InChI=1S/C16H35N3O/c1-4-16-15-18(3)11-8-12-19(16)13-10-17-9-6-7-14-20-5-2/h16-17H,4-15H2,1-3H3. The van der Waals surface area contributed by atoms with Crippen molar-refractivity contribution in [3.63, 3.8) is 0 Å². The third-order valence-corrected chi connectivity index (χ3v) is 4.17. The summed E-state index contributed by atoms with van der Waals surface area (Å²) in [6, 6.07) is 0.738. The number of ether oxygens (including phenoxy) is 1. The minimum absolute atomic E-state index is 0.738. The fourth-order valence-corrected chi connectivity index (χ4v) is 2.92. The first-order valence-electron chi connectivity index (χ1n) is 8.49. The van der Waals surface area contributed by atoms with Gasteiger partial charge in [-0.1, -0.05) is 6.92 Å². The van der Waals surface area contributed by atoms with E-state index in [1.807, 2.05) is 0 Å². The highest BCUT2D eigenvalue weighted by Crippen LogP contribution is 2.11. The molecule has 20 heavy (non-hydrogen) atoms. The molecular formula is C16H35N3O. The molecule has 1 rings (SSSR count). The third kappa shape index (κ3) is 7.58. The van der Waals surface area contributed by atoms with Crippen LogP contribution in [0.15, 0.2) is 0 Å². The second-order valence-electron chi connectivity index (χ2n) is 5.87. The molecule has 1 heterocycles. The Hall–Kier alpha value is -0.160. The zero-order chi connectivity index (χ0) is 14.6. The number of nitrogens with one attached hydrogen (secondary N) is 1. The monoisotopic (exact) mass is 285 g/mol. The van der Waals surface area contributed by atoms with E-state index in [-0.39, 0.29) is 0 Å². The summed E-state index contributed by atoms with van der Waals surface area (Å²) in [6.45, 7) is 13.3. The Morgan fingerprint density at radius 2 is 2.00 bits per heavy atom. The summed E-state index contributed by atoms with van der Waals surface area (Å²) in [5.74, 6) is 0. The molecule has 1 aliphatic heterocycles. The second-order valence-corrected chi connectivity index (χ2v) is 5.87. The first-order chi connectivity index (χ1) is 9.77. The predicted octanol–water partition coefficient (Wildman–Crippen LogP) is 1.81. The molecule has 1 N–H and O–H groups in total. The van der Waals surface area contributed by atoms with E-state index in [0.29, 0.717) is 0 Å². The minimum atomic E-state index is 0.738. The number of rotatable bonds is 10. The molecule has 0 radical (unpaired) electrons. The second kappa shape index (κ2) is 11.5. The van der Waals surface area contributed by atoms with Gasteiger partial charge in [-0.05, 0) is 59.3 Å². The van der Waals surface area contributed by atoms with Crippen LogP contribution in [0.3, 0.4) is 0 Å². The lowest BCUT2D eigenvalue weighted by molar-refractivity contribution is 0.143. The molecule has 1 unspecified atom stereocenters. The molecule has 0 bridgehead atoms. The lowest BCUT2D eigenvalue weighted by Gasteiger charge is -2.30. The Morgan fingerprint density at radius 3 is 2.75 bits per heavy atom. The number of unbranched alkanes of at least 4 members (excludes halogenated alkanes) is 1. The SMILES string of the molecule is CCOCCCCNCCN1CCCN(C)CC1CC. The van der Waals surface area contributed by atoms with Crippen molar-refractivity contribution in [1.29, 1.82) is 0 Å². The molecule has 1 atom stereocenters. The lowest BCUT2D eigenvalue weighted by atomic mass is 10.2. The van der Waals surface area contributed by atoms with Crippen molar-refractivity contribution < 1.29 is 4.74 Å². The van der Waals surface area contributed by atoms with Crippen LogP contribution in [-0.4, -0.2) is 75.4 Å². The van der Waals surface area contributed by atoms with E-state index in [9.17, 15) is 0 Å². The van der Waals surface area contributed by atoms with Gasteiger partial charge in [-0.3, -0.25) is 4.90 Å². The average Bonchev–Trinajstić information content (AvgIpc) is 2.63. The molecule has 0 aliphatic carbocycles. The Bertz CT molecular complexity index is 226. The summed E-state index contributed by atoms with van der Waals surface area (Å²) in [5.41, 5.74) is 0. The molecule has 4 heteroatoms. The van der Waals surface area contributed by atoms with E-state index < -0.39 is 0 Å². The van der Waals surface area contributed by atoms with Crippen LogP contribution >= 0.6 is 0 Å². The van der Waals surface area contributed by atoms with Crippen molar-refractivity contribution >= 4 is 0 Å². The molecule has 0 aromatic rings. The molecule has 0 saturated carbocycles. The van der Waals surface area contributed by atoms with Crippen LogP contribution in [0.25, 0.3) is 0 Å². The van der Waals surface area contributed by atoms with E-state index >= 15 is 0 Å². The van der Waals surface area contributed by atoms with Gasteiger partial charge in [-0.15, -0.1) is 0 Å². The van der Waals surface area contributed by atoms with Gasteiger partial charge in [0.15, 0.2) is 0 Å². The summed E-state index contributed by atoms with van der Waals surface area (Å²) in [7, 11) is 2.25. The van der Waals surface area contributed by atoms with Gasteiger partial charge in [0.1, 0.15) is 0 Å². The van der Waals surface area contributed by atoms with Crippen LogP contribution in [0.1, 0.15) is 39.5 Å². The van der Waals surface area contributed by atoms with Gasteiger partial charge in [0.05, 0.1) is 0 Å². The van der Waals surface area contributed by atoms with E-state index in [4.69, 9.17) is 4.74 Å². The maximum atomic E-state index is 5.35. The predicted molar refractivity (Wildman–Crippen MR) is 86.4 cm³/mol. The fraction of sp³-hybridized carbons (Fsp3) is 1.00. The van der Waals surface area contributed by atoms with Crippen LogP contribution in [0, 0.1) is 0 Å². The van der Waals surface area contributed by atoms with Crippen LogP contribution in [0.5, 0.6) is 0 Å². The van der Waals surface area contributed by atoms with Gasteiger partial charge in [-0.25, -0.2) is 0 Å². The number of hydrogen-bond donors (Lipinski definition) is 1. The normalized spacial score (nSPS) is 22.1. The first-order valence-corrected chi connectivity index (χ1v) is 8.49. The lowest BCUT2D eigenvalue weighted by Crippen LogP contribution is -2.43. The molecule has 0 spiro atoms. The maximum Gasteiger partial charge on any atom is 0.0466 e. The van der Waals surface area contributed by atoms with E-state index in [0.717, 1.165) is 32.3 Å².